The maximum Gasteiger partial charge on any atom is 0.586 e. The molecular weight excluding hydrogens is 461 g/mol. The van der Waals surface area contributed by atoms with Gasteiger partial charge in [-0.05, 0) is 47.9 Å². The number of nitrogens with zero attached hydrogens (tertiary/aromatic N) is 2. The molecule has 1 aliphatic rings. The number of anilines is 1. The molecule has 3 aromatic rings. The largest absolute Gasteiger partial charge is 0.586 e. The zero-order valence-electron chi connectivity index (χ0n) is 16.4. The second-order valence-corrected chi connectivity index (χ2v) is 7.32. The molecule has 6 nitrogen and oxygen atoms in total. The van der Waals surface area contributed by atoms with E-state index in [4.69, 9.17) is 11.6 Å². The van der Waals surface area contributed by atoms with E-state index < -0.39 is 34.8 Å². The minimum Gasteiger partial charge on any atom is -0.395 e. The second kappa shape index (κ2) is 7.37. The molecule has 1 amide bonds. The van der Waals surface area contributed by atoms with E-state index in [1.807, 2.05) is 0 Å². The fraction of sp³-hybridized carbons (Fsp3) is 0.200. The molecule has 0 saturated carbocycles. The zero-order chi connectivity index (χ0) is 23.4. The number of hydrogen-bond donors (Lipinski definition) is 1. The number of aryl methyl sites for hydroxylation is 2. The van der Waals surface area contributed by atoms with E-state index in [0.29, 0.717) is 16.7 Å². The van der Waals surface area contributed by atoms with E-state index in [1.54, 1.807) is 19.1 Å². The van der Waals surface area contributed by atoms with Gasteiger partial charge in [-0.2, -0.15) is 18.3 Å². The van der Waals surface area contributed by atoms with E-state index in [2.05, 4.69) is 19.9 Å². The van der Waals surface area contributed by atoms with Crippen molar-refractivity contribution < 1.29 is 36.2 Å². The predicted molar refractivity (Wildman–Crippen MR) is 104 cm³/mol. The van der Waals surface area contributed by atoms with Crippen LogP contribution < -0.4 is 14.8 Å². The van der Waals surface area contributed by atoms with Gasteiger partial charge in [0, 0.05) is 12.7 Å². The lowest BCUT2D eigenvalue weighted by Crippen LogP contribution is -2.25. The van der Waals surface area contributed by atoms with Crippen LogP contribution in [-0.4, -0.2) is 22.0 Å². The van der Waals surface area contributed by atoms with E-state index in [9.17, 15) is 26.7 Å². The van der Waals surface area contributed by atoms with Crippen LogP contribution in [0.25, 0.3) is 11.1 Å². The molecule has 0 atom stereocenters. The first-order valence-electron chi connectivity index (χ1n) is 8.98. The van der Waals surface area contributed by atoms with Crippen LogP contribution in [0, 0.1) is 6.92 Å². The number of hydrogen-bond acceptors (Lipinski definition) is 4. The topological polar surface area (TPSA) is 65.4 Å². The Kier molecular flexibility index (Phi) is 5.04. The lowest BCUT2D eigenvalue weighted by Gasteiger charge is -2.10. The van der Waals surface area contributed by atoms with Crippen LogP contribution in [-0.2, 0) is 13.2 Å². The van der Waals surface area contributed by atoms with Crippen molar-refractivity contribution in [3.05, 3.63) is 58.4 Å². The third-order valence-electron chi connectivity index (χ3n) is 4.68. The van der Waals surface area contributed by atoms with Gasteiger partial charge in [0.1, 0.15) is 10.7 Å². The van der Waals surface area contributed by atoms with Gasteiger partial charge in [0.2, 0.25) is 0 Å². The molecule has 32 heavy (non-hydrogen) atoms. The Hall–Kier alpha value is -3.34. The fourth-order valence-corrected chi connectivity index (χ4v) is 3.61. The Labute approximate surface area is 182 Å². The lowest BCUT2D eigenvalue weighted by atomic mass is 9.99. The fourth-order valence-electron chi connectivity index (χ4n) is 3.26. The van der Waals surface area contributed by atoms with Crippen molar-refractivity contribution in [1.82, 2.24) is 9.78 Å². The van der Waals surface area contributed by atoms with Gasteiger partial charge >= 0.3 is 12.5 Å². The van der Waals surface area contributed by atoms with Crippen LogP contribution in [0.4, 0.5) is 27.6 Å². The number of rotatable bonds is 3. The van der Waals surface area contributed by atoms with Crippen LogP contribution in [0.15, 0.2) is 36.4 Å². The maximum atomic E-state index is 13.3. The number of amides is 1. The molecule has 0 fully saturated rings. The molecule has 1 aromatic heterocycles. The first-order valence-corrected chi connectivity index (χ1v) is 9.35. The number of benzene rings is 2. The molecular formula is C20H13ClF5N3O3. The summed E-state index contributed by atoms with van der Waals surface area (Å²) in [5.74, 6) is -1.07. The third-order valence-corrected chi connectivity index (χ3v) is 5.03. The van der Waals surface area contributed by atoms with Gasteiger partial charge in [-0.25, -0.2) is 0 Å². The number of aromatic nitrogens is 2. The third kappa shape index (κ3) is 3.95. The molecule has 0 saturated heterocycles. The van der Waals surface area contributed by atoms with Crippen molar-refractivity contribution >= 4 is 23.2 Å². The molecule has 168 valence electrons. The Morgan fingerprint density at radius 2 is 1.72 bits per heavy atom. The summed E-state index contributed by atoms with van der Waals surface area (Å²) in [6, 6.07) is 9.04. The van der Waals surface area contributed by atoms with Gasteiger partial charge in [0.25, 0.3) is 5.91 Å². The van der Waals surface area contributed by atoms with Crippen LogP contribution in [0.2, 0.25) is 5.02 Å². The summed E-state index contributed by atoms with van der Waals surface area (Å²) in [5.41, 5.74) is 0.326. The number of carbonyl (C=O) groups is 1. The summed E-state index contributed by atoms with van der Waals surface area (Å²) in [4.78, 5) is 12.5. The van der Waals surface area contributed by atoms with Crippen LogP contribution >= 0.6 is 11.6 Å². The normalized spacial score (nSPS) is 14.5. The molecule has 4 rings (SSSR count). The highest BCUT2D eigenvalue weighted by Gasteiger charge is 2.43. The minimum absolute atomic E-state index is 0.0774. The van der Waals surface area contributed by atoms with E-state index in [1.165, 1.54) is 31.3 Å². The van der Waals surface area contributed by atoms with Crippen molar-refractivity contribution in [3.63, 3.8) is 0 Å². The van der Waals surface area contributed by atoms with Gasteiger partial charge in [-0.1, -0.05) is 23.7 Å². The van der Waals surface area contributed by atoms with Crippen LogP contribution in [0.3, 0.4) is 0 Å². The van der Waals surface area contributed by atoms with Gasteiger partial charge < -0.3 is 14.8 Å². The molecule has 0 aliphatic carbocycles. The van der Waals surface area contributed by atoms with Crippen molar-refractivity contribution in [3.8, 4) is 22.6 Å². The highest BCUT2D eigenvalue weighted by atomic mass is 35.5. The van der Waals surface area contributed by atoms with Crippen molar-refractivity contribution in [1.29, 1.82) is 0 Å². The number of carbonyl (C=O) groups excluding carboxylic acids is 1. The SMILES string of the molecule is Cc1cc2c(cc1-c1ccc(NC(=O)c3c(Cl)c(C(F)(F)F)nn3C)cc1)OC(F)(F)O2. The summed E-state index contributed by atoms with van der Waals surface area (Å²) in [6.45, 7) is 1.70. The van der Waals surface area contributed by atoms with Crippen molar-refractivity contribution in [2.24, 2.45) is 7.05 Å². The Balaban J connectivity index is 1.56. The number of nitrogens with one attached hydrogen (secondary N) is 1. The first kappa shape index (κ1) is 21.9. The van der Waals surface area contributed by atoms with Gasteiger partial charge in [0.05, 0.1) is 0 Å². The number of halogens is 6. The first-order chi connectivity index (χ1) is 14.9. The summed E-state index contributed by atoms with van der Waals surface area (Å²) < 4.78 is 75.0. The second-order valence-electron chi connectivity index (χ2n) is 6.95. The summed E-state index contributed by atoms with van der Waals surface area (Å²) >= 11 is 5.72. The van der Waals surface area contributed by atoms with E-state index >= 15 is 0 Å². The Morgan fingerprint density at radius 1 is 1.12 bits per heavy atom. The summed E-state index contributed by atoms with van der Waals surface area (Å²) in [6.07, 6.45) is -8.54. The van der Waals surface area contributed by atoms with Crippen LogP contribution in [0.1, 0.15) is 21.7 Å². The Morgan fingerprint density at radius 3 is 2.28 bits per heavy atom. The molecule has 1 aliphatic heterocycles. The molecule has 0 bridgehead atoms. The summed E-state index contributed by atoms with van der Waals surface area (Å²) in [7, 11) is 1.17. The average molecular weight is 474 g/mol. The zero-order valence-corrected chi connectivity index (χ0v) is 17.1. The van der Waals surface area contributed by atoms with Gasteiger partial charge in [-0.3, -0.25) is 9.48 Å². The van der Waals surface area contributed by atoms with Gasteiger partial charge in [0.15, 0.2) is 17.2 Å². The van der Waals surface area contributed by atoms with Crippen molar-refractivity contribution in [2.45, 2.75) is 19.4 Å². The smallest absolute Gasteiger partial charge is 0.395 e. The van der Waals surface area contributed by atoms with Gasteiger partial charge in [-0.15, -0.1) is 8.78 Å². The number of ether oxygens (including phenoxy) is 2. The standard InChI is InChI=1S/C20H13ClF5N3O3/c1-9-7-13-14(32-20(25,26)31-13)8-12(9)10-3-5-11(6-4-10)27-18(30)16-15(21)17(19(22,23)24)28-29(16)2/h3-8H,1-2H3,(H,27,30). The van der Waals surface area contributed by atoms with Crippen molar-refractivity contribution in [2.75, 3.05) is 5.32 Å². The highest BCUT2D eigenvalue weighted by molar-refractivity contribution is 6.34. The lowest BCUT2D eigenvalue weighted by molar-refractivity contribution is -0.286. The Bertz CT molecular complexity index is 1220. The monoisotopic (exact) mass is 473 g/mol. The molecule has 2 heterocycles. The quantitative estimate of drug-likeness (QED) is 0.500. The molecule has 0 spiro atoms. The minimum atomic E-state index is -4.80. The average Bonchev–Trinajstić information content (AvgIpc) is 3.15. The predicted octanol–water partition coefficient (Wildman–Crippen LogP) is 5.64. The summed E-state index contributed by atoms with van der Waals surface area (Å²) in [5, 5.41) is 4.92. The molecule has 2 aromatic carbocycles. The maximum absolute atomic E-state index is 13.3. The molecule has 0 radical (unpaired) electrons. The molecule has 0 unspecified atom stereocenters. The van der Waals surface area contributed by atoms with E-state index in [0.717, 1.165) is 4.68 Å². The molecule has 12 heteroatoms. The molecule has 1 N–H and O–H groups in total. The number of alkyl halides is 5. The van der Waals surface area contributed by atoms with Crippen LogP contribution in [0.5, 0.6) is 11.5 Å². The highest BCUT2D eigenvalue weighted by Crippen LogP contribution is 2.44. The number of fused-ring (bicyclic) bond motifs is 1. The van der Waals surface area contributed by atoms with E-state index in [-0.39, 0.29) is 17.2 Å².